The van der Waals surface area contributed by atoms with Gasteiger partial charge in [0.25, 0.3) is 11.6 Å². The lowest BCUT2D eigenvalue weighted by Gasteiger charge is -1.95. The van der Waals surface area contributed by atoms with Crippen molar-refractivity contribution in [3.8, 4) is 5.88 Å². The van der Waals surface area contributed by atoms with Crippen molar-refractivity contribution in [3.63, 3.8) is 0 Å². The minimum Gasteiger partial charge on any atom is -0.493 e. The van der Waals surface area contributed by atoms with Crippen LogP contribution in [0.15, 0.2) is 52.7 Å². The molecule has 24 heavy (non-hydrogen) atoms. The summed E-state index contributed by atoms with van der Waals surface area (Å²) in [4.78, 5) is 24.9. The highest BCUT2D eigenvalue weighted by molar-refractivity contribution is 6.30. The van der Waals surface area contributed by atoms with Crippen LogP contribution in [0.2, 0.25) is 5.02 Å². The highest BCUT2D eigenvalue weighted by Crippen LogP contribution is 2.37. The second-order valence-electron chi connectivity index (χ2n) is 4.82. The van der Waals surface area contributed by atoms with E-state index in [1.54, 1.807) is 0 Å². The van der Waals surface area contributed by atoms with Crippen LogP contribution in [-0.2, 0) is 0 Å². The van der Waals surface area contributed by atoms with Crippen molar-refractivity contribution in [2.24, 2.45) is 10.2 Å². The van der Waals surface area contributed by atoms with Crippen LogP contribution < -0.4 is 0 Å². The van der Waals surface area contributed by atoms with Gasteiger partial charge in [-0.05, 0) is 30.3 Å². The molecular formula is C15H9ClN4O4. The Hall–Kier alpha value is -3.26. The molecule has 0 fully saturated rings. The smallest absolute Gasteiger partial charge is 0.295 e. The molecule has 0 radical (unpaired) electrons. The zero-order valence-corrected chi connectivity index (χ0v) is 12.7. The minimum absolute atomic E-state index is 0.0454. The summed E-state index contributed by atoms with van der Waals surface area (Å²) in [6.45, 7) is 0. The number of hydrogen-bond donors (Lipinski definition) is 2. The van der Waals surface area contributed by atoms with E-state index in [0.717, 1.165) is 0 Å². The van der Waals surface area contributed by atoms with E-state index in [0.29, 0.717) is 10.5 Å². The SMILES string of the molecule is O=C(N=Nc1c(O)[nH]c2ccc([N+](=O)[O-])cc12)c1ccc(Cl)cc1. The highest BCUT2D eigenvalue weighted by Gasteiger charge is 2.15. The molecule has 0 aliphatic heterocycles. The maximum atomic E-state index is 12.0. The number of carbonyl (C=O) groups excluding carboxylic acids is 1. The van der Waals surface area contributed by atoms with Crippen molar-refractivity contribution in [2.75, 3.05) is 0 Å². The summed E-state index contributed by atoms with van der Waals surface area (Å²) in [6, 6.07) is 10.0. The lowest BCUT2D eigenvalue weighted by atomic mass is 10.2. The van der Waals surface area contributed by atoms with E-state index in [1.165, 1.54) is 42.5 Å². The monoisotopic (exact) mass is 344 g/mol. The van der Waals surface area contributed by atoms with Gasteiger partial charge in [0.1, 0.15) is 0 Å². The Morgan fingerprint density at radius 1 is 1.21 bits per heavy atom. The first kappa shape index (κ1) is 15.6. The average Bonchev–Trinajstić information content (AvgIpc) is 2.87. The molecule has 0 bridgehead atoms. The van der Waals surface area contributed by atoms with Gasteiger partial charge in [-0.15, -0.1) is 10.2 Å². The molecule has 0 spiro atoms. The van der Waals surface area contributed by atoms with Crippen LogP contribution in [0.4, 0.5) is 11.4 Å². The summed E-state index contributed by atoms with van der Waals surface area (Å²) >= 11 is 5.74. The largest absolute Gasteiger partial charge is 0.493 e. The zero-order valence-electron chi connectivity index (χ0n) is 11.9. The molecule has 8 nitrogen and oxygen atoms in total. The average molecular weight is 345 g/mol. The van der Waals surface area contributed by atoms with E-state index >= 15 is 0 Å². The van der Waals surface area contributed by atoms with Crippen LogP contribution in [0.5, 0.6) is 5.88 Å². The number of aromatic nitrogens is 1. The van der Waals surface area contributed by atoms with E-state index in [4.69, 9.17) is 11.6 Å². The van der Waals surface area contributed by atoms with Crippen molar-refractivity contribution in [2.45, 2.75) is 0 Å². The van der Waals surface area contributed by atoms with Gasteiger partial charge in [-0.3, -0.25) is 14.9 Å². The van der Waals surface area contributed by atoms with Gasteiger partial charge in [0.15, 0.2) is 5.69 Å². The predicted molar refractivity (Wildman–Crippen MR) is 86.9 cm³/mol. The lowest BCUT2D eigenvalue weighted by Crippen LogP contribution is -1.92. The Bertz CT molecular complexity index is 979. The van der Waals surface area contributed by atoms with Gasteiger partial charge in [-0.2, -0.15) is 0 Å². The molecule has 0 atom stereocenters. The number of amides is 1. The summed E-state index contributed by atoms with van der Waals surface area (Å²) in [5.74, 6) is -0.969. The van der Waals surface area contributed by atoms with Crippen molar-refractivity contribution in [1.82, 2.24) is 4.98 Å². The highest BCUT2D eigenvalue weighted by atomic mass is 35.5. The molecule has 0 unspecified atom stereocenters. The van der Waals surface area contributed by atoms with Crippen LogP contribution in [0.1, 0.15) is 10.4 Å². The zero-order chi connectivity index (χ0) is 17.3. The van der Waals surface area contributed by atoms with Crippen LogP contribution in [-0.4, -0.2) is 20.9 Å². The number of non-ortho nitro benzene ring substituents is 1. The predicted octanol–water partition coefficient (Wildman–Crippen LogP) is 4.36. The molecule has 3 aromatic rings. The van der Waals surface area contributed by atoms with Crippen LogP contribution >= 0.6 is 11.6 Å². The Balaban J connectivity index is 1.98. The van der Waals surface area contributed by atoms with E-state index in [1.807, 2.05) is 0 Å². The number of aromatic amines is 1. The third-order valence-electron chi connectivity index (χ3n) is 3.28. The maximum Gasteiger partial charge on any atom is 0.295 e. The van der Waals surface area contributed by atoms with Crippen LogP contribution in [0.3, 0.4) is 0 Å². The minimum atomic E-state index is -0.633. The van der Waals surface area contributed by atoms with Crippen LogP contribution in [0, 0.1) is 10.1 Å². The van der Waals surface area contributed by atoms with Gasteiger partial charge < -0.3 is 10.1 Å². The van der Waals surface area contributed by atoms with E-state index in [9.17, 15) is 20.0 Å². The molecule has 0 aliphatic carbocycles. The fourth-order valence-electron chi connectivity index (χ4n) is 2.11. The normalized spacial score (nSPS) is 11.2. The molecule has 120 valence electrons. The summed E-state index contributed by atoms with van der Waals surface area (Å²) in [7, 11) is 0. The van der Waals surface area contributed by atoms with E-state index in [-0.39, 0.29) is 28.2 Å². The van der Waals surface area contributed by atoms with E-state index in [2.05, 4.69) is 15.2 Å². The number of nitro groups is 1. The second-order valence-corrected chi connectivity index (χ2v) is 5.26. The first-order valence-corrected chi connectivity index (χ1v) is 7.04. The summed E-state index contributed by atoms with van der Waals surface area (Å²) in [6.07, 6.45) is 0. The third kappa shape index (κ3) is 2.95. The number of halogens is 1. The number of nitrogens with zero attached hydrogens (tertiary/aromatic N) is 3. The number of benzene rings is 2. The standard InChI is InChI=1S/C15H9ClN4O4/c16-9-3-1-8(2-4-9)14(21)19-18-13-11-7-10(20(23)24)5-6-12(11)17-15(13)22/h1-7,17,22H. The first-order chi connectivity index (χ1) is 11.5. The van der Waals surface area contributed by atoms with Gasteiger partial charge in [0.05, 0.1) is 10.4 Å². The van der Waals surface area contributed by atoms with Crippen molar-refractivity contribution >= 4 is 39.8 Å². The Labute approximate surface area is 139 Å². The van der Waals surface area contributed by atoms with Gasteiger partial charge >= 0.3 is 0 Å². The molecule has 1 aromatic heterocycles. The number of nitrogens with one attached hydrogen (secondary N) is 1. The van der Waals surface area contributed by atoms with E-state index < -0.39 is 10.8 Å². The quantitative estimate of drug-likeness (QED) is 0.416. The topological polar surface area (TPSA) is 121 Å². The first-order valence-electron chi connectivity index (χ1n) is 6.66. The molecular weight excluding hydrogens is 336 g/mol. The summed E-state index contributed by atoms with van der Waals surface area (Å²) < 4.78 is 0. The van der Waals surface area contributed by atoms with Gasteiger partial charge in [-0.25, -0.2) is 0 Å². The number of carbonyl (C=O) groups is 1. The second kappa shape index (κ2) is 6.09. The molecule has 9 heteroatoms. The molecule has 3 rings (SSSR count). The number of hydrogen-bond acceptors (Lipinski definition) is 5. The van der Waals surface area contributed by atoms with Crippen molar-refractivity contribution < 1.29 is 14.8 Å². The summed E-state index contributed by atoms with van der Waals surface area (Å²) in [5, 5.41) is 28.8. The Kier molecular flexibility index (Phi) is 3.97. The molecule has 0 saturated carbocycles. The van der Waals surface area contributed by atoms with Crippen molar-refractivity contribution in [1.29, 1.82) is 0 Å². The Morgan fingerprint density at radius 2 is 1.92 bits per heavy atom. The van der Waals surface area contributed by atoms with Gasteiger partial charge in [-0.1, -0.05) is 11.6 Å². The Morgan fingerprint density at radius 3 is 2.58 bits per heavy atom. The number of rotatable bonds is 3. The molecule has 0 aliphatic rings. The molecule has 1 amide bonds. The molecule has 2 aromatic carbocycles. The molecule has 1 heterocycles. The molecule has 0 saturated heterocycles. The number of azo groups is 1. The summed E-state index contributed by atoms with van der Waals surface area (Å²) in [5.41, 5.74) is 0.498. The number of aromatic hydroxyl groups is 1. The lowest BCUT2D eigenvalue weighted by molar-refractivity contribution is -0.384. The maximum absolute atomic E-state index is 12.0. The van der Waals surface area contributed by atoms with Crippen LogP contribution in [0.25, 0.3) is 10.9 Å². The fraction of sp³-hybridized carbons (Fsp3) is 0. The number of nitro benzene ring substituents is 1. The third-order valence-corrected chi connectivity index (χ3v) is 3.53. The number of fused-ring (bicyclic) bond motifs is 1. The number of H-pyrrole nitrogens is 1. The van der Waals surface area contributed by atoms with Gasteiger partial charge in [0, 0.05) is 28.1 Å². The molecule has 2 N–H and O–H groups in total. The van der Waals surface area contributed by atoms with Gasteiger partial charge in [0.2, 0.25) is 5.88 Å². The fourth-order valence-corrected chi connectivity index (χ4v) is 2.24. The van der Waals surface area contributed by atoms with Crippen molar-refractivity contribution in [3.05, 3.63) is 63.2 Å².